The Morgan fingerprint density at radius 2 is 1.71 bits per heavy atom. The van der Waals surface area contributed by atoms with Gasteiger partial charge < -0.3 is 9.97 Å². The number of carbonyl (C=O) groups excluding carboxylic acids is 1. The SMILES string of the molecule is CC1(C)OB(c2ccccc2)c2cc(NC(=O)c3ccc(F)cc3C(F)(F)F)ccc21. The van der Waals surface area contributed by atoms with E-state index in [0.29, 0.717) is 11.8 Å². The smallest absolute Gasteiger partial charge is 0.417 e. The number of amides is 1. The highest BCUT2D eigenvalue weighted by atomic mass is 19.4. The summed E-state index contributed by atoms with van der Waals surface area (Å²) in [6.07, 6.45) is -4.86. The average Bonchev–Trinajstić information content (AvgIpc) is 2.98. The molecule has 3 aromatic carbocycles. The molecule has 1 aliphatic rings. The van der Waals surface area contributed by atoms with E-state index in [9.17, 15) is 22.4 Å². The van der Waals surface area contributed by atoms with Crippen molar-refractivity contribution in [2.45, 2.75) is 25.6 Å². The van der Waals surface area contributed by atoms with E-state index in [-0.39, 0.29) is 6.92 Å². The summed E-state index contributed by atoms with van der Waals surface area (Å²) in [5.41, 5.74) is 0.461. The van der Waals surface area contributed by atoms with Gasteiger partial charge in [-0.1, -0.05) is 36.4 Å². The number of rotatable bonds is 3. The number of hydrogen-bond acceptors (Lipinski definition) is 2. The topological polar surface area (TPSA) is 38.3 Å². The standard InChI is InChI=1S/C23H18BF4NO2/c1-22(2)18-11-9-16(13-20(18)24(31-22)14-6-4-3-5-7-14)29-21(30)17-10-8-15(25)12-19(17)23(26,27)28/h3-13H,1-2H3,(H,29,30). The Hall–Kier alpha value is -3.13. The Morgan fingerprint density at radius 3 is 2.39 bits per heavy atom. The molecule has 0 aromatic heterocycles. The van der Waals surface area contributed by atoms with Crippen LogP contribution in [0, 0.1) is 5.82 Å². The lowest BCUT2D eigenvalue weighted by Crippen LogP contribution is -2.41. The van der Waals surface area contributed by atoms with Crippen LogP contribution in [0.15, 0.2) is 66.7 Å². The normalized spacial score (nSPS) is 15.0. The predicted molar refractivity (Wildman–Crippen MR) is 111 cm³/mol. The molecule has 3 aromatic rings. The highest BCUT2D eigenvalue weighted by Crippen LogP contribution is 2.34. The van der Waals surface area contributed by atoms with Gasteiger partial charge in [0.15, 0.2) is 0 Å². The minimum Gasteiger partial charge on any atom is -0.418 e. The Labute approximate surface area is 177 Å². The number of nitrogens with one attached hydrogen (secondary N) is 1. The van der Waals surface area contributed by atoms with Gasteiger partial charge in [0, 0.05) is 5.69 Å². The number of halogens is 4. The average molecular weight is 427 g/mol. The maximum Gasteiger partial charge on any atom is 0.417 e. The molecule has 3 nitrogen and oxygen atoms in total. The molecule has 0 bridgehead atoms. The van der Waals surface area contributed by atoms with Crippen LogP contribution in [0.5, 0.6) is 0 Å². The lowest BCUT2D eigenvalue weighted by atomic mass is 9.56. The molecule has 1 aliphatic heterocycles. The predicted octanol–water partition coefficient (Wildman–Crippen LogP) is 4.47. The molecule has 31 heavy (non-hydrogen) atoms. The third kappa shape index (κ3) is 4.08. The van der Waals surface area contributed by atoms with Gasteiger partial charge in [-0.2, -0.15) is 13.2 Å². The molecule has 0 atom stereocenters. The number of alkyl halides is 3. The number of fused-ring (bicyclic) bond motifs is 1. The number of hydrogen-bond donors (Lipinski definition) is 1. The largest absolute Gasteiger partial charge is 0.418 e. The van der Waals surface area contributed by atoms with Gasteiger partial charge in [-0.15, -0.1) is 0 Å². The van der Waals surface area contributed by atoms with Crippen molar-refractivity contribution in [3.63, 3.8) is 0 Å². The summed E-state index contributed by atoms with van der Waals surface area (Å²) >= 11 is 0. The number of anilines is 1. The third-order valence-electron chi connectivity index (χ3n) is 5.29. The fourth-order valence-electron chi connectivity index (χ4n) is 3.85. The second kappa shape index (κ2) is 7.53. The highest BCUT2D eigenvalue weighted by molar-refractivity contribution is 6.81. The van der Waals surface area contributed by atoms with Crippen LogP contribution >= 0.6 is 0 Å². The Bertz CT molecular complexity index is 1150. The van der Waals surface area contributed by atoms with Crippen LogP contribution in [0.2, 0.25) is 0 Å². The molecular formula is C23H18BF4NO2. The molecule has 0 fully saturated rings. The van der Waals surface area contributed by atoms with E-state index in [2.05, 4.69) is 5.32 Å². The summed E-state index contributed by atoms with van der Waals surface area (Å²) in [6.45, 7) is 3.49. The summed E-state index contributed by atoms with van der Waals surface area (Å²) in [6, 6.07) is 16.6. The zero-order valence-corrected chi connectivity index (χ0v) is 16.8. The Balaban J connectivity index is 1.69. The molecule has 4 rings (SSSR count). The highest BCUT2D eigenvalue weighted by Gasteiger charge is 2.41. The maximum atomic E-state index is 13.3. The minimum absolute atomic E-state index is 0.319. The van der Waals surface area contributed by atoms with Crippen molar-refractivity contribution in [2.75, 3.05) is 5.32 Å². The molecule has 1 N–H and O–H groups in total. The molecule has 0 saturated heterocycles. The van der Waals surface area contributed by atoms with Crippen LogP contribution in [0.1, 0.15) is 35.3 Å². The summed E-state index contributed by atoms with van der Waals surface area (Å²) in [4.78, 5) is 12.6. The molecular weight excluding hydrogens is 409 g/mol. The van der Waals surface area contributed by atoms with Crippen molar-refractivity contribution < 1.29 is 27.0 Å². The van der Waals surface area contributed by atoms with Crippen LogP contribution in [-0.4, -0.2) is 12.8 Å². The number of carbonyl (C=O) groups is 1. The Kier molecular flexibility index (Phi) is 5.13. The molecule has 0 unspecified atom stereocenters. The molecule has 0 radical (unpaired) electrons. The summed E-state index contributed by atoms with van der Waals surface area (Å²) in [5.74, 6) is -2.03. The van der Waals surface area contributed by atoms with Gasteiger partial charge in [0.1, 0.15) is 5.82 Å². The van der Waals surface area contributed by atoms with Crippen molar-refractivity contribution in [1.82, 2.24) is 0 Å². The van der Waals surface area contributed by atoms with E-state index in [1.165, 1.54) is 0 Å². The maximum absolute atomic E-state index is 13.3. The summed E-state index contributed by atoms with van der Waals surface area (Å²) in [7, 11) is 0. The van der Waals surface area contributed by atoms with Crippen LogP contribution in [-0.2, 0) is 16.4 Å². The fraction of sp³-hybridized carbons (Fsp3) is 0.174. The molecule has 158 valence electrons. The fourth-order valence-corrected chi connectivity index (χ4v) is 3.85. The van der Waals surface area contributed by atoms with Crippen molar-refractivity contribution in [3.05, 3.63) is 89.2 Å². The monoisotopic (exact) mass is 427 g/mol. The zero-order chi connectivity index (χ0) is 22.4. The van der Waals surface area contributed by atoms with E-state index < -0.39 is 34.6 Å². The van der Waals surface area contributed by atoms with E-state index in [1.807, 2.05) is 44.2 Å². The van der Waals surface area contributed by atoms with Gasteiger partial charge in [0.05, 0.1) is 16.7 Å². The summed E-state index contributed by atoms with van der Waals surface area (Å²) in [5, 5.41) is 2.50. The second-order valence-electron chi connectivity index (χ2n) is 7.86. The van der Waals surface area contributed by atoms with Crippen LogP contribution in [0.3, 0.4) is 0 Å². The Morgan fingerprint density at radius 1 is 1.00 bits per heavy atom. The van der Waals surface area contributed by atoms with Crippen molar-refractivity contribution in [1.29, 1.82) is 0 Å². The molecule has 1 amide bonds. The van der Waals surface area contributed by atoms with Crippen LogP contribution < -0.4 is 16.2 Å². The molecule has 0 aliphatic carbocycles. The van der Waals surface area contributed by atoms with Gasteiger partial charge in [-0.3, -0.25) is 4.79 Å². The quantitative estimate of drug-likeness (QED) is 0.495. The van der Waals surface area contributed by atoms with Crippen molar-refractivity contribution >= 4 is 29.4 Å². The first-order valence-corrected chi connectivity index (χ1v) is 9.61. The first kappa shape index (κ1) is 21.1. The van der Waals surface area contributed by atoms with Gasteiger partial charge in [-0.25, -0.2) is 4.39 Å². The molecule has 1 heterocycles. The van der Waals surface area contributed by atoms with Crippen molar-refractivity contribution in [2.24, 2.45) is 0 Å². The van der Waals surface area contributed by atoms with Gasteiger partial charge in [-0.05, 0) is 60.7 Å². The van der Waals surface area contributed by atoms with Gasteiger partial charge in [0.25, 0.3) is 5.91 Å². The first-order chi connectivity index (χ1) is 14.6. The van der Waals surface area contributed by atoms with Gasteiger partial charge >= 0.3 is 13.1 Å². The lowest BCUT2D eigenvalue weighted by molar-refractivity contribution is -0.138. The van der Waals surface area contributed by atoms with Gasteiger partial charge in [0.2, 0.25) is 0 Å². The van der Waals surface area contributed by atoms with E-state index in [4.69, 9.17) is 4.65 Å². The van der Waals surface area contributed by atoms with E-state index >= 15 is 0 Å². The molecule has 0 saturated carbocycles. The minimum atomic E-state index is -4.86. The lowest BCUT2D eigenvalue weighted by Gasteiger charge is -2.21. The number of benzene rings is 3. The second-order valence-corrected chi connectivity index (χ2v) is 7.86. The van der Waals surface area contributed by atoms with Crippen molar-refractivity contribution in [3.8, 4) is 0 Å². The van der Waals surface area contributed by atoms with E-state index in [0.717, 1.165) is 28.6 Å². The van der Waals surface area contributed by atoms with Crippen LogP contribution in [0.25, 0.3) is 0 Å². The molecule has 8 heteroatoms. The van der Waals surface area contributed by atoms with Crippen LogP contribution in [0.4, 0.5) is 23.2 Å². The third-order valence-corrected chi connectivity index (χ3v) is 5.29. The zero-order valence-electron chi connectivity index (χ0n) is 16.8. The molecule has 0 spiro atoms. The summed E-state index contributed by atoms with van der Waals surface area (Å²) < 4.78 is 59.4. The van der Waals surface area contributed by atoms with E-state index in [1.54, 1.807) is 18.2 Å². The first-order valence-electron chi connectivity index (χ1n) is 9.61.